The Morgan fingerprint density at radius 3 is 2.85 bits per heavy atom. The first-order valence-corrected chi connectivity index (χ1v) is 6.85. The van der Waals surface area contributed by atoms with Crippen molar-refractivity contribution in [2.45, 2.75) is 25.4 Å². The first-order chi connectivity index (χ1) is 9.54. The molecule has 1 aromatic carbocycles. The third-order valence-electron chi connectivity index (χ3n) is 2.99. The number of hydrogen-bond donors (Lipinski definition) is 2. The fraction of sp³-hybridized carbons (Fsp3) is 0.533. The number of carbonyl (C=O) groups is 1. The number of rotatable bonds is 8. The van der Waals surface area contributed by atoms with Crippen LogP contribution < -0.4 is 10.5 Å². The summed E-state index contributed by atoms with van der Waals surface area (Å²) in [6, 6.07) is 7.35. The summed E-state index contributed by atoms with van der Waals surface area (Å²) >= 11 is 0. The average Bonchev–Trinajstić information content (AvgIpc) is 2.43. The number of aliphatic hydroxyl groups excluding tert-OH is 1. The van der Waals surface area contributed by atoms with Crippen LogP contribution in [0.4, 0.5) is 0 Å². The Balaban J connectivity index is 2.41. The third kappa shape index (κ3) is 5.59. The Morgan fingerprint density at radius 1 is 1.45 bits per heavy atom. The molecular formula is C15H24N2O3. The second kappa shape index (κ2) is 8.55. The van der Waals surface area contributed by atoms with Crippen LogP contribution >= 0.6 is 0 Å². The lowest BCUT2D eigenvalue weighted by Gasteiger charge is -2.13. The van der Waals surface area contributed by atoms with E-state index in [0.717, 1.165) is 5.56 Å². The van der Waals surface area contributed by atoms with Crippen molar-refractivity contribution < 1.29 is 14.6 Å². The number of hydrogen-bond acceptors (Lipinski definition) is 4. The number of nitrogens with two attached hydrogens (primary N) is 1. The number of benzene rings is 1. The van der Waals surface area contributed by atoms with Gasteiger partial charge in [-0.15, -0.1) is 0 Å². The molecule has 1 atom stereocenters. The van der Waals surface area contributed by atoms with Crippen molar-refractivity contribution in [1.82, 2.24) is 4.90 Å². The number of amides is 1. The predicted octanol–water partition coefficient (Wildman–Crippen LogP) is 1.32. The predicted molar refractivity (Wildman–Crippen MR) is 78.5 cm³/mol. The normalized spacial score (nSPS) is 12.0. The molecule has 1 aromatic rings. The fourth-order valence-electron chi connectivity index (χ4n) is 1.77. The first-order valence-electron chi connectivity index (χ1n) is 6.85. The lowest BCUT2D eigenvalue weighted by atomic mass is 10.1. The molecule has 0 saturated carbocycles. The van der Waals surface area contributed by atoms with Crippen LogP contribution in [0.25, 0.3) is 0 Å². The lowest BCUT2D eigenvalue weighted by molar-refractivity contribution is -0.128. The van der Waals surface area contributed by atoms with Crippen LogP contribution in [0.2, 0.25) is 0 Å². The summed E-state index contributed by atoms with van der Waals surface area (Å²) in [6.45, 7) is 0.926. The van der Waals surface area contributed by atoms with E-state index in [2.05, 4.69) is 0 Å². The van der Waals surface area contributed by atoms with Crippen molar-refractivity contribution in [2.75, 3.05) is 27.2 Å². The lowest BCUT2D eigenvalue weighted by Crippen LogP contribution is -2.21. The monoisotopic (exact) mass is 280 g/mol. The van der Waals surface area contributed by atoms with Gasteiger partial charge in [0.25, 0.3) is 0 Å². The quantitative estimate of drug-likeness (QED) is 0.704. The number of aliphatic hydroxyl groups is 1. The largest absolute Gasteiger partial charge is 0.494 e. The van der Waals surface area contributed by atoms with Gasteiger partial charge in [-0.05, 0) is 37.1 Å². The number of ether oxygens (including phenoxy) is 1. The van der Waals surface area contributed by atoms with Gasteiger partial charge in [0.1, 0.15) is 5.75 Å². The molecule has 5 heteroatoms. The molecule has 0 aliphatic heterocycles. The van der Waals surface area contributed by atoms with Crippen molar-refractivity contribution in [3.8, 4) is 5.75 Å². The van der Waals surface area contributed by atoms with Gasteiger partial charge in [0, 0.05) is 20.5 Å². The maximum atomic E-state index is 11.4. The number of nitrogens with zero attached hydrogens (tertiary/aromatic N) is 1. The van der Waals surface area contributed by atoms with Crippen LogP contribution in [0.15, 0.2) is 24.3 Å². The minimum absolute atomic E-state index is 0.0979. The summed E-state index contributed by atoms with van der Waals surface area (Å²) in [5, 5.41) is 9.86. The van der Waals surface area contributed by atoms with Crippen LogP contribution in [0, 0.1) is 0 Å². The molecule has 1 amide bonds. The molecule has 20 heavy (non-hydrogen) atoms. The Morgan fingerprint density at radius 2 is 2.20 bits per heavy atom. The van der Waals surface area contributed by atoms with Gasteiger partial charge in [-0.2, -0.15) is 0 Å². The molecule has 0 bridgehead atoms. The topological polar surface area (TPSA) is 75.8 Å². The van der Waals surface area contributed by atoms with Gasteiger partial charge in [0.15, 0.2) is 0 Å². The number of carbonyl (C=O) groups excluding carboxylic acids is 1. The fourth-order valence-corrected chi connectivity index (χ4v) is 1.77. The van der Waals surface area contributed by atoms with Crippen LogP contribution in [0.3, 0.4) is 0 Å². The van der Waals surface area contributed by atoms with Gasteiger partial charge in [-0.1, -0.05) is 12.1 Å². The first kappa shape index (κ1) is 16.5. The van der Waals surface area contributed by atoms with Gasteiger partial charge >= 0.3 is 0 Å². The van der Waals surface area contributed by atoms with Crippen LogP contribution in [-0.4, -0.2) is 43.2 Å². The van der Waals surface area contributed by atoms with Crippen molar-refractivity contribution in [1.29, 1.82) is 0 Å². The molecule has 5 nitrogen and oxygen atoms in total. The Labute approximate surface area is 120 Å². The van der Waals surface area contributed by atoms with E-state index in [4.69, 9.17) is 10.5 Å². The van der Waals surface area contributed by atoms with Gasteiger partial charge < -0.3 is 20.5 Å². The molecule has 0 aromatic heterocycles. The molecule has 0 unspecified atom stereocenters. The molecule has 0 aliphatic carbocycles. The van der Waals surface area contributed by atoms with Gasteiger partial charge in [0.05, 0.1) is 12.7 Å². The summed E-state index contributed by atoms with van der Waals surface area (Å²) in [4.78, 5) is 13.0. The summed E-state index contributed by atoms with van der Waals surface area (Å²) in [7, 11) is 3.48. The molecule has 0 spiro atoms. The molecule has 0 saturated heterocycles. The maximum absolute atomic E-state index is 11.4. The average molecular weight is 280 g/mol. The summed E-state index contributed by atoms with van der Waals surface area (Å²) in [5.74, 6) is 0.802. The zero-order chi connectivity index (χ0) is 15.0. The van der Waals surface area contributed by atoms with Gasteiger partial charge in [0.2, 0.25) is 5.91 Å². The Bertz CT molecular complexity index is 421. The molecule has 3 N–H and O–H groups in total. The zero-order valence-corrected chi connectivity index (χ0v) is 12.2. The van der Waals surface area contributed by atoms with Crippen molar-refractivity contribution in [3.05, 3.63) is 29.8 Å². The van der Waals surface area contributed by atoms with Crippen LogP contribution in [-0.2, 0) is 4.79 Å². The summed E-state index contributed by atoms with van der Waals surface area (Å²) < 4.78 is 5.59. The smallest absolute Gasteiger partial charge is 0.222 e. The minimum Gasteiger partial charge on any atom is -0.494 e. The maximum Gasteiger partial charge on any atom is 0.222 e. The highest BCUT2D eigenvalue weighted by Crippen LogP contribution is 2.21. The van der Waals surface area contributed by atoms with Gasteiger partial charge in [-0.25, -0.2) is 0 Å². The Kier molecular flexibility index (Phi) is 7.04. The van der Waals surface area contributed by atoms with E-state index >= 15 is 0 Å². The molecular weight excluding hydrogens is 256 g/mol. The Hall–Kier alpha value is -1.59. The molecule has 0 radical (unpaired) electrons. The minimum atomic E-state index is -0.557. The second-order valence-corrected chi connectivity index (χ2v) is 4.91. The molecule has 0 heterocycles. The summed E-state index contributed by atoms with van der Waals surface area (Å²) in [6.07, 6.45) is 1.12. The third-order valence-corrected chi connectivity index (χ3v) is 2.99. The van der Waals surface area contributed by atoms with E-state index in [-0.39, 0.29) is 5.91 Å². The van der Waals surface area contributed by atoms with Crippen LogP contribution in [0.1, 0.15) is 30.9 Å². The van der Waals surface area contributed by atoms with Crippen molar-refractivity contribution in [2.24, 2.45) is 5.73 Å². The van der Waals surface area contributed by atoms with E-state index in [1.807, 2.05) is 24.3 Å². The SMILES string of the molecule is CN(C)C(=O)CCCOc1cccc([C@H](O)CCN)c1. The highest BCUT2D eigenvalue weighted by atomic mass is 16.5. The van der Waals surface area contributed by atoms with Crippen LogP contribution in [0.5, 0.6) is 5.75 Å². The molecule has 1 rings (SSSR count). The molecule has 0 fully saturated rings. The zero-order valence-electron chi connectivity index (χ0n) is 12.2. The van der Waals surface area contributed by atoms with Crippen molar-refractivity contribution in [3.63, 3.8) is 0 Å². The van der Waals surface area contributed by atoms with Gasteiger partial charge in [-0.3, -0.25) is 4.79 Å². The summed E-state index contributed by atoms with van der Waals surface area (Å²) in [5.41, 5.74) is 6.23. The van der Waals surface area contributed by atoms with E-state index in [1.54, 1.807) is 19.0 Å². The van der Waals surface area contributed by atoms with E-state index in [9.17, 15) is 9.90 Å². The highest BCUT2D eigenvalue weighted by Gasteiger charge is 2.08. The standard InChI is InChI=1S/C15H24N2O3/c1-17(2)15(19)7-4-10-20-13-6-3-5-12(11-13)14(18)8-9-16/h3,5-6,11,14,18H,4,7-10,16H2,1-2H3/t14-/m1/s1. The van der Waals surface area contributed by atoms with E-state index < -0.39 is 6.10 Å². The molecule has 0 aliphatic rings. The highest BCUT2D eigenvalue weighted by molar-refractivity contribution is 5.75. The van der Waals surface area contributed by atoms with Crippen molar-refractivity contribution >= 4 is 5.91 Å². The van der Waals surface area contributed by atoms with E-state index in [0.29, 0.717) is 38.2 Å². The molecule has 112 valence electrons. The second-order valence-electron chi connectivity index (χ2n) is 4.91. The van der Waals surface area contributed by atoms with E-state index in [1.165, 1.54) is 0 Å².